The first-order valence-electron chi connectivity index (χ1n) is 8.18. The maximum absolute atomic E-state index is 13.6. The van der Waals surface area contributed by atoms with E-state index in [2.05, 4.69) is 6.58 Å². The van der Waals surface area contributed by atoms with Crippen molar-refractivity contribution in [2.75, 3.05) is 13.2 Å². The van der Waals surface area contributed by atoms with Crippen molar-refractivity contribution >= 4 is 0 Å². The van der Waals surface area contributed by atoms with Gasteiger partial charge in [0.2, 0.25) is 0 Å². The lowest BCUT2D eigenvalue weighted by Gasteiger charge is -2.37. The lowest BCUT2D eigenvalue weighted by atomic mass is 9.80. The zero-order chi connectivity index (χ0) is 16.9. The molecule has 2 fully saturated rings. The molecule has 1 heterocycles. The van der Waals surface area contributed by atoms with Crippen molar-refractivity contribution in [1.29, 1.82) is 0 Å². The fourth-order valence-electron chi connectivity index (χ4n) is 3.29. The standard InChI is InChI=1S/C17H24F4O2/c1-2-3-4-12-10-22-16(23-11-12)14-7-5-13(6-8-14)15(18)9-17(19,20)21/h2,9,12-14,16H,1,3-8,10-11H2/b15-9-. The maximum atomic E-state index is 13.6. The summed E-state index contributed by atoms with van der Waals surface area (Å²) in [6.07, 6.45) is 0.763. The van der Waals surface area contributed by atoms with E-state index in [0.717, 1.165) is 12.8 Å². The summed E-state index contributed by atoms with van der Waals surface area (Å²) in [4.78, 5) is 0. The Morgan fingerprint density at radius 3 is 2.22 bits per heavy atom. The summed E-state index contributed by atoms with van der Waals surface area (Å²) in [6, 6.07) is 0. The molecule has 2 rings (SSSR count). The van der Waals surface area contributed by atoms with Crippen LogP contribution in [0.15, 0.2) is 24.6 Å². The zero-order valence-corrected chi connectivity index (χ0v) is 13.2. The van der Waals surface area contributed by atoms with E-state index in [1.807, 2.05) is 6.08 Å². The summed E-state index contributed by atoms with van der Waals surface area (Å²) >= 11 is 0. The van der Waals surface area contributed by atoms with Crippen LogP contribution in [0.3, 0.4) is 0 Å². The van der Waals surface area contributed by atoms with E-state index in [1.165, 1.54) is 0 Å². The quantitative estimate of drug-likeness (QED) is 0.510. The van der Waals surface area contributed by atoms with Crippen molar-refractivity contribution in [3.63, 3.8) is 0 Å². The highest BCUT2D eigenvalue weighted by molar-refractivity contribution is 5.03. The van der Waals surface area contributed by atoms with Crippen LogP contribution in [0.25, 0.3) is 0 Å². The molecule has 1 aliphatic heterocycles. The maximum Gasteiger partial charge on any atom is 0.412 e. The molecule has 0 atom stereocenters. The number of allylic oxidation sites excluding steroid dienone is 3. The predicted molar refractivity (Wildman–Crippen MR) is 79.3 cm³/mol. The van der Waals surface area contributed by atoms with Crippen LogP contribution >= 0.6 is 0 Å². The highest BCUT2D eigenvalue weighted by Gasteiger charge is 2.35. The summed E-state index contributed by atoms with van der Waals surface area (Å²) in [5.74, 6) is -1.17. The number of ether oxygens (including phenoxy) is 2. The van der Waals surface area contributed by atoms with E-state index in [-0.39, 0.29) is 18.3 Å². The van der Waals surface area contributed by atoms with Gasteiger partial charge in [0, 0.05) is 17.8 Å². The Bertz CT molecular complexity index is 403. The van der Waals surface area contributed by atoms with E-state index in [4.69, 9.17) is 9.47 Å². The Hall–Kier alpha value is -0.880. The number of halogens is 4. The fraction of sp³-hybridized carbons (Fsp3) is 0.765. The van der Waals surface area contributed by atoms with Crippen molar-refractivity contribution < 1.29 is 27.0 Å². The lowest BCUT2D eigenvalue weighted by molar-refractivity contribution is -0.229. The molecular formula is C17H24F4O2. The number of rotatable bonds is 5. The third kappa shape index (κ3) is 5.92. The van der Waals surface area contributed by atoms with Gasteiger partial charge in [-0.2, -0.15) is 13.2 Å². The molecule has 1 aliphatic carbocycles. The van der Waals surface area contributed by atoms with Crippen LogP contribution in [-0.2, 0) is 9.47 Å². The van der Waals surface area contributed by atoms with E-state index >= 15 is 0 Å². The highest BCUT2D eigenvalue weighted by Crippen LogP contribution is 2.38. The Balaban J connectivity index is 1.75. The molecule has 0 aromatic heterocycles. The summed E-state index contributed by atoms with van der Waals surface area (Å²) in [5, 5.41) is 0. The molecular weight excluding hydrogens is 312 g/mol. The van der Waals surface area contributed by atoms with Crippen LogP contribution in [0.5, 0.6) is 0 Å². The van der Waals surface area contributed by atoms with Gasteiger partial charge in [0.15, 0.2) is 6.29 Å². The van der Waals surface area contributed by atoms with Crippen LogP contribution in [-0.4, -0.2) is 25.7 Å². The minimum Gasteiger partial charge on any atom is -0.352 e. The molecule has 0 amide bonds. The highest BCUT2D eigenvalue weighted by atomic mass is 19.4. The molecule has 0 bridgehead atoms. The molecule has 0 aromatic carbocycles. The molecule has 0 spiro atoms. The van der Waals surface area contributed by atoms with Gasteiger partial charge in [0.25, 0.3) is 0 Å². The Kier molecular flexibility index (Phi) is 6.65. The van der Waals surface area contributed by atoms with Gasteiger partial charge in [-0.15, -0.1) is 6.58 Å². The van der Waals surface area contributed by atoms with Crippen LogP contribution < -0.4 is 0 Å². The first-order chi connectivity index (χ1) is 10.9. The van der Waals surface area contributed by atoms with E-state index in [0.29, 0.717) is 44.8 Å². The third-order valence-corrected chi connectivity index (χ3v) is 4.62. The monoisotopic (exact) mass is 336 g/mol. The first kappa shape index (κ1) is 18.5. The molecule has 2 aliphatic rings. The van der Waals surface area contributed by atoms with Gasteiger partial charge >= 0.3 is 6.18 Å². The van der Waals surface area contributed by atoms with Crippen LogP contribution in [0.2, 0.25) is 0 Å². The minimum absolute atomic E-state index is 0.144. The van der Waals surface area contributed by atoms with Gasteiger partial charge < -0.3 is 9.47 Å². The molecule has 1 saturated carbocycles. The van der Waals surface area contributed by atoms with Crippen molar-refractivity contribution in [2.45, 2.75) is 51.0 Å². The van der Waals surface area contributed by atoms with Gasteiger partial charge in [0.05, 0.1) is 19.3 Å². The average molecular weight is 336 g/mol. The van der Waals surface area contributed by atoms with Gasteiger partial charge in [-0.25, -0.2) is 4.39 Å². The summed E-state index contributed by atoms with van der Waals surface area (Å²) < 4.78 is 61.7. The minimum atomic E-state index is -4.59. The SMILES string of the molecule is C=CCCC1COC(C2CCC(/C(F)=C/C(F)(F)F)CC2)OC1. The summed E-state index contributed by atoms with van der Waals surface area (Å²) in [6.45, 7) is 4.97. The smallest absolute Gasteiger partial charge is 0.352 e. The Labute approximate surface area is 134 Å². The van der Waals surface area contributed by atoms with Crippen LogP contribution in [0, 0.1) is 17.8 Å². The molecule has 0 aromatic rings. The molecule has 0 radical (unpaired) electrons. The molecule has 23 heavy (non-hydrogen) atoms. The second-order valence-electron chi connectivity index (χ2n) is 6.45. The molecule has 0 unspecified atom stereocenters. The van der Waals surface area contributed by atoms with Gasteiger partial charge in [-0.3, -0.25) is 0 Å². The molecule has 0 N–H and O–H groups in total. The largest absolute Gasteiger partial charge is 0.412 e. The molecule has 6 heteroatoms. The second kappa shape index (κ2) is 8.29. The lowest BCUT2D eigenvalue weighted by Crippen LogP contribution is -2.38. The van der Waals surface area contributed by atoms with E-state index in [9.17, 15) is 17.6 Å². The topological polar surface area (TPSA) is 18.5 Å². The second-order valence-corrected chi connectivity index (χ2v) is 6.45. The van der Waals surface area contributed by atoms with Crippen molar-refractivity contribution in [3.8, 4) is 0 Å². The van der Waals surface area contributed by atoms with Crippen molar-refractivity contribution in [3.05, 3.63) is 24.6 Å². The van der Waals surface area contributed by atoms with E-state index in [1.54, 1.807) is 0 Å². The third-order valence-electron chi connectivity index (χ3n) is 4.62. The van der Waals surface area contributed by atoms with Gasteiger partial charge in [0.1, 0.15) is 5.83 Å². The molecule has 1 saturated heterocycles. The van der Waals surface area contributed by atoms with E-state index < -0.39 is 17.9 Å². The number of hydrogen-bond donors (Lipinski definition) is 0. The van der Waals surface area contributed by atoms with Gasteiger partial charge in [-0.05, 0) is 38.5 Å². The number of hydrogen-bond acceptors (Lipinski definition) is 2. The first-order valence-corrected chi connectivity index (χ1v) is 8.18. The summed E-state index contributed by atoms with van der Waals surface area (Å²) in [5.41, 5.74) is 0. The Morgan fingerprint density at radius 2 is 1.70 bits per heavy atom. The molecule has 2 nitrogen and oxygen atoms in total. The fourth-order valence-corrected chi connectivity index (χ4v) is 3.29. The van der Waals surface area contributed by atoms with Gasteiger partial charge in [-0.1, -0.05) is 6.08 Å². The Morgan fingerprint density at radius 1 is 1.09 bits per heavy atom. The normalized spacial score (nSPS) is 33.5. The van der Waals surface area contributed by atoms with Crippen LogP contribution in [0.1, 0.15) is 38.5 Å². The average Bonchev–Trinajstić information content (AvgIpc) is 2.52. The van der Waals surface area contributed by atoms with Crippen molar-refractivity contribution in [1.82, 2.24) is 0 Å². The predicted octanol–water partition coefficient (Wildman–Crippen LogP) is 5.16. The zero-order valence-electron chi connectivity index (χ0n) is 13.2. The number of alkyl halides is 3. The van der Waals surface area contributed by atoms with Crippen LogP contribution in [0.4, 0.5) is 17.6 Å². The summed E-state index contributed by atoms with van der Waals surface area (Å²) in [7, 11) is 0. The van der Waals surface area contributed by atoms with Crippen molar-refractivity contribution in [2.24, 2.45) is 17.8 Å². The molecule has 132 valence electrons.